The van der Waals surface area contributed by atoms with Gasteiger partial charge < -0.3 is 4.74 Å². The Bertz CT molecular complexity index is 422. The average Bonchev–Trinajstić information content (AvgIpc) is 2.57. The molecular weight excluding hydrogens is 282 g/mol. The van der Waals surface area contributed by atoms with Gasteiger partial charge in [0.2, 0.25) is 0 Å². The Kier molecular flexibility index (Phi) is 3.84. The molecule has 0 radical (unpaired) electrons. The van der Waals surface area contributed by atoms with Crippen LogP contribution in [0.4, 0.5) is 0 Å². The van der Waals surface area contributed by atoms with Crippen molar-refractivity contribution >= 4 is 21.9 Å². The summed E-state index contributed by atoms with van der Waals surface area (Å²) in [5, 5.41) is 3.31. The van der Waals surface area contributed by atoms with Crippen LogP contribution in [-0.4, -0.2) is 18.1 Å². The van der Waals surface area contributed by atoms with Gasteiger partial charge in [-0.1, -0.05) is 28.1 Å². The number of esters is 1. The molecule has 0 aromatic heterocycles. The van der Waals surface area contributed by atoms with Gasteiger partial charge in [-0.2, -0.15) is 0 Å². The summed E-state index contributed by atoms with van der Waals surface area (Å²) in [4.78, 5) is 11.5. The van der Waals surface area contributed by atoms with Gasteiger partial charge in [0.05, 0.1) is 0 Å². The summed E-state index contributed by atoms with van der Waals surface area (Å²) in [6.45, 7) is 3.97. The highest BCUT2D eigenvalue weighted by Gasteiger charge is 2.32. The lowest BCUT2D eigenvalue weighted by Gasteiger charge is -2.17. The summed E-state index contributed by atoms with van der Waals surface area (Å²) in [6, 6.07) is 8.04. The summed E-state index contributed by atoms with van der Waals surface area (Å²) < 4.78 is 6.17. The van der Waals surface area contributed by atoms with Crippen LogP contribution < -0.4 is 5.32 Å². The van der Waals surface area contributed by atoms with E-state index in [2.05, 4.69) is 34.2 Å². The van der Waals surface area contributed by atoms with Crippen LogP contribution in [0, 0.1) is 0 Å². The Morgan fingerprint density at radius 3 is 2.88 bits per heavy atom. The second-order valence-corrected chi connectivity index (χ2v) is 5.39. The average molecular weight is 298 g/mol. The Balaban J connectivity index is 2.02. The number of rotatable bonds is 3. The van der Waals surface area contributed by atoms with Crippen molar-refractivity contribution in [3.63, 3.8) is 0 Å². The van der Waals surface area contributed by atoms with E-state index in [0.717, 1.165) is 16.5 Å². The lowest BCUT2D eigenvalue weighted by Crippen LogP contribution is -2.35. The predicted molar refractivity (Wildman–Crippen MR) is 69.7 cm³/mol. The van der Waals surface area contributed by atoms with E-state index in [9.17, 15) is 4.79 Å². The summed E-state index contributed by atoms with van der Waals surface area (Å²) in [6.07, 6.45) is 0.770. The van der Waals surface area contributed by atoms with Crippen LogP contribution in [0.5, 0.6) is 0 Å². The smallest absolute Gasteiger partial charge is 0.323 e. The fourth-order valence-electron chi connectivity index (χ4n) is 2.07. The first-order chi connectivity index (χ1) is 8.06. The highest BCUT2D eigenvalue weighted by atomic mass is 79.9. The molecule has 0 unspecified atom stereocenters. The van der Waals surface area contributed by atoms with Gasteiger partial charge in [0.25, 0.3) is 0 Å². The van der Waals surface area contributed by atoms with Crippen molar-refractivity contribution in [2.75, 3.05) is 0 Å². The molecule has 4 heteroatoms. The van der Waals surface area contributed by atoms with Gasteiger partial charge in [-0.3, -0.25) is 10.1 Å². The number of hydrogen-bond acceptors (Lipinski definition) is 3. The molecule has 1 aliphatic rings. The van der Waals surface area contributed by atoms with E-state index in [1.54, 1.807) is 0 Å². The van der Waals surface area contributed by atoms with Crippen molar-refractivity contribution < 1.29 is 9.53 Å². The van der Waals surface area contributed by atoms with Gasteiger partial charge in [-0.15, -0.1) is 0 Å². The van der Waals surface area contributed by atoms with E-state index >= 15 is 0 Å². The molecule has 1 aromatic rings. The van der Waals surface area contributed by atoms with Crippen molar-refractivity contribution in [2.24, 2.45) is 0 Å². The zero-order valence-electron chi connectivity index (χ0n) is 9.94. The van der Waals surface area contributed by atoms with Crippen LogP contribution in [-0.2, 0) is 9.53 Å². The lowest BCUT2D eigenvalue weighted by atomic mass is 10.1. The molecule has 0 bridgehead atoms. The third-order valence-electron chi connectivity index (χ3n) is 2.97. The molecular formula is C13H16BrNO2. The number of cyclic esters (lactones) is 1. The molecule has 1 heterocycles. The van der Waals surface area contributed by atoms with Crippen molar-refractivity contribution in [3.05, 3.63) is 34.3 Å². The van der Waals surface area contributed by atoms with Crippen molar-refractivity contribution in [2.45, 2.75) is 38.5 Å². The van der Waals surface area contributed by atoms with E-state index in [-0.39, 0.29) is 24.2 Å². The van der Waals surface area contributed by atoms with E-state index in [1.807, 2.05) is 25.1 Å². The number of hydrogen-bond donors (Lipinski definition) is 1. The molecule has 92 valence electrons. The second-order valence-electron chi connectivity index (χ2n) is 4.48. The number of benzene rings is 1. The third-order valence-corrected chi connectivity index (χ3v) is 3.46. The van der Waals surface area contributed by atoms with Gasteiger partial charge >= 0.3 is 5.97 Å². The predicted octanol–water partition coefficient (Wildman–Crippen LogP) is 2.80. The second kappa shape index (κ2) is 5.19. The topological polar surface area (TPSA) is 38.3 Å². The van der Waals surface area contributed by atoms with Crippen molar-refractivity contribution in [1.82, 2.24) is 5.32 Å². The van der Waals surface area contributed by atoms with Crippen LogP contribution >= 0.6 is 15.9 Å². The maximum absolute atomic E-state index is 11.5. The van der Waals surface area contributed by atoms with Crippen LogP contribution in [0.15, 0.2) is 28.7 Å². The number of halogens is 1. The molecule has 0 saturated carbocycles. The standard InChI is InChI=1S/C13H16BrNO2/c1-8-6-12(13(16)17-8)15-9(2)10-4-3-5-11(14)7-10/h3-5,7-9,12,15H,6H2,1-2H3/t8-,9-,12+/m1/s1. The van der Waals surface area contributed by atoms with Gasteiger partial charge in [0.15, 0.2) is 0 Å². The van der Waals surface area contributed by atoms with E-state index in [4.69, 9.17) is 4.74 Å². The zero-order chi connectivity index (χ0) is 12.4. The van der Waals surface area contributed by atoms with Crippen LogP contribution in [0.2, 0.25) is 0 Å². The summed E-state index contributed by atoms with van der Waals surface area (Å²) in [7, 11) is 0. The maximum atomic E-state index is 11.5. The minimum absolute atomic E-state index is 0.0229. The Hall–Kier alpha value is -0.870. The largest absolute Gasteiger partial charge is 0.461 e. The van der Waals surface area contributed by atoms with Gasteiger partial charge in [0.1, 0.15) is 12.1 Å². The van der Waals surface area contributed by atoms with Crippen LogP contribution in [0.3, 0.4) is 0 Å². The Morgan fingerprint density at radius 1 is 1.53 bits per heavy atom. The molecule has 2 rings (SSSR count). The molecule has 0 spiro atoms. The number of carbonyl (C=O) groups excluding carboxylic acids is 1. The monoisotopic (exact) mass is 297 g/mol. The summed E-state index contributed by atoms with van der Waals surface area (Å²) in [5.74, 6) is -0.139. The number of nitrogens with one attached hydrogen (secondary N) is 1. The van der Waals surface area contributed by atoms with Crippen LogP contribution in [0.1, 0.15) is 31.9 Å². The molecule has 1 aliphatic heterocycles. The summed E-state index contributed by atoms with van der Waals surface area (Å²) >= 11 is 3.45. The highest BCUT2D eigenvalue weighted by molar-refractivity contribution is 9.10. The maximum Gasteiger partial charge on any atom is 0.323 e. The molecule has 1 saturated heterocycles. The Morgan fingerprint density at radius 2 is 2.29 bits per heavy atom. The number of ether oxygens (including phenoxy) is 1. The molecule has 1 aromatic carbocycles. The first kappa shape index (κ1) is 12.6. The molecule has 3 atom stereocenters. The fourth-order valence-corrected chi connectivity index (χ4v) is 2.48. The molecule has 0 amide bonds. The van der Waals surface area contributed by atoms with E-state index in [1.165, 1.54) is 0 Å². The SMILES string of the molecule is C[C@@H]1C[C@H](N[C@H](C)c2cccc(Br)c2)C(=O)O1. The zero-order valence-corrected chi connectivity index (χ0v) is 11.5. The fraction of sp³-hybridized carbons (Fsp3) is 0.462. The molecule has 1 N–H and O–H groups in total. The van der Waals surface area contributed by atoms with Crippen LogP contribution in [0.25, 0.3) is 0 Å². The molecule has 0 aliphatic carbocycles. The van der Waals surface area contributed by atoms with E-state index in [0.29, 0.717) is 0 Å². The van der Waals surface area contributed by atoms with Gasteiger partial charge in [0, 0.05) is 16.9 Å². The van der Waals surface area contributed by atoms with Crippen molar-refractivity contribution in [1.29, 1.82) is 0 Å². The van der Waals surface area contributed by atoms with Gasteiger partial charge in [-0.25, -0.2) is 0 Å². The first-order valence-corrected chi connectivity index (χ1v) is 6.57. The molecule has 17 heavy (non-hydrogen) atoms. The lowest BCUT2D eigenvalue weighted by molar-refractivity contribution is -0.142. The minimum Gasteiger partial charge on any atom is -0.461 e. The van der Waals surface area contributed by atoms with Gasteiger partial charge in [-0.05, 0) is 31.5 Å². The quantitative estimate of drug-likeness (QED) is 0.872. The minimum atomic E-state index is -0.181. The normalized spacial score (nSPS) is 25.7. The number of carbonyl (C=O) groups is 1. The van der Waals surface area contributed by atoms with E-state index < -0.39 is 0 Å². The highest BCUT2D eigenvalue weighted by Crippen LogP contribution is 2.21. The van der Waals surface area contributed by atoms with Crippen molar-refractivity contribution in [3.8, 4) is 0 Å². The first-order valence-electron chi connectivity index (χ1n) is 5.78. The molecule has 3 nitrogen and oxygen atoms in total. The Labute approximate surface area is 110 Å². The molecule has 1 fully saturated rings. The summed E-state index contributed by atoms with van der Waals surface area (Å²) in [5.41, 5.74) is 1.16. The third kappa shape index (κ3) is 3.07.